The standard InChI is InChI=1S/C20H21FN2O4/c1-25-20(24)16-9-17(21)15(10-18(16)23-5-7-26-8-6-23)14-4-2-3-13-11-22-12-27-19(13)14/h2-4,9-10,22H,5-8,11-12H2,1H3. The third kappa shape index (κ3) is 3.36. The number of halogens is 1. The third-order valence-corrected chi connectivity index (χ3v) is 4.86. The molecule has 1 fully saturated rings. The molecule has 2 aliphatic heterocycles. The van der Waals surface area contributed by atoms with E-state index in [0.717, 1.165) is 5.56 Å². The molecule has 27 heavy (non-hydrogen) atoms. The molecule has 6 nitrogen and oxygen atoms in total. The number of carbonyl (C=O) groups is 1. The van der Waals surface area contributed by atoms with Crippen molar-refractivity contribution in [3.63, 3.8) is 0 Å². The molecule has 7 heteroatoms. The van der Waals surface area contributed by atoms with E-state index >= 15 is 4.39 Å². The second-order valence-electron chi connectivity index (χ2n) is 6.45. The van der Waals surface area contributed by atoms with E-state index in [1.807, 2.05) is 23.1 Å². The minimum Gasteiger partial charge on any atom is -0.477 e. The summed E-state index contributed by atoms with van der Waals surface area (Å²) in [7, 11) is 1.30. The average molecular weight is 372 g/mol. The van der Waals surface area contributed by atoms with Crippen LogP contribution >= 0.6 is 0 Å². The number of hydrogen-bond acceptors (Lipinski definition) is 6. The molecule has 0 atom stereocenters. The zero-order valence-electron chi connectivity index (χ0n) is 15.1. The van der Waals surface area contributed by atoms with Crippen LogP contribution in [0.2, 0.25) is 0 Å². The topological polar surface area (TPSA) is 60.0 Å². The molecular weight excluding hydrogens is 351 g/mol. The van der Waals surface area contributed by atoms with Crippen molar-refractivity contribution in [2.24, 2.45) is 0 Å². The number of ether oxygens (including phenoxy) is 3. The van der Waals surface area contributed by atoms with Gasteiger partial charge in [0, 0.05) is 36.3 Å². The van der Waals surface area contributed by atoms with Crippen LogP contribution in [-0.2, 0) is 16.0 Å². The largest absolute Gasteiger partial charge is 0.477 e. The molecule has 0 amide bonds. The van der Waals surface area contributed by atoms with Gasteiger partial charge in [0.15, 0.2) is 0 Å². The molecule has 0 aromatic heterocycles. The van der Waals surface area contributed by atoms with Crippen LogP contribution in [-0.4, -0.2) is 46.1 Å². The molecule has 1 saturated heterocycles. The van der Waals surface area contributed by atoms with E-state index in [2.05, 4.69) is 5.32 Å². The Morgan fingerprint density at radius 2 is 2.04 bits per heavy atom. The molecule has 0 saturated carbocycles. The van der Waals surface area contributed by atoms with Gasteiger partial charge in [0.05, 0.1) is 31.6 Å². The molecule has 2 aliphatic rings. The van der Waals surface area contributed by atoms with Gasteiger partial charge in [0.2, 0.25) is 0 Å². The number of carbonyl (C=O) groups excluding carboxylic acids is 1. The number of para-hydroxylation sites is 1. The molecule has 0 spiro atoms. The number of morpholine rings is 1. The molecule has 142 valence electrons. The maximum atomic E-state index is 15.0. The predicted molar refractivity (Wildman–Crippen MR) is 98.5 cm³/mol. The summed E-state index contributed by atoms with van der Waals surface area (Å²) in [5, 5.41) is 3.13. The minimum atomic E-state index is -0.558. The minimum absolute atomic E-state index is 0.216. The van der Waals surface area contributed by atoms with Crippen LogP contribution in [0.4, 0.5) is 10.1 Å². The lowest BCUT2D eigenvalue weighted by Crippen LogP contribution is -2.37. The van der Waals surface area contributed by atoms with Crippen molar-refractivity contribution in [1.82, 2.24) is 5.32 Å². The number of methoxy groups -OCH3 is 1. The fourth-order valence-electron chi connectivity index (χ4n) is 3.52. The number of fused-ring (bicyclic) bond motifs is 1. The van der Waals surface area contributed by atoms with E-state index in [4.69, 9.17) is 14.2 Å². The van der Waals surface area contributed by atoms with Crippen LogP contribution in [0.5, 0.6) is 5.75 Å². The van der Waals surface area contributed by atoms with E-state index < -0.39 is 11.8 Å². The molecular formula is C20H21FN2O4. The number of nitrogens with zero attached hydrogens (tertiary/aromatic N) is 1. The fourth-order valence-corrected chi connectivity index (χ4v) is 3.52. The first-order valence-corrected chi connectivity index (χ1v) is 8.89. The van der Waals surface area contributed by atoms with E-state index in [1.54, 1.807) is 6.07 Å². The van der Waals surface area contributed by atoms with Gasteiger partial charge in [-0.1, -0.05) is 18.2 Å². The predicted octanol–water partition coefficient (Wildman–Crippen LogP) is 2.56. The number of rotatable bonds is 3. The van der Waals surface area contributed by atoms with Crippen molar-refractivity contribution in [1.29, 1.82) is 0 Å². The highest BCUT2D eigenvalue weighted by Crippen LogP contribution is 2.39. The average Bonchev–Trinajstić information content (AvgIpc) is 2.73. The van der Waals surface area contributed by atoms with E-state index in [0.29, 0.717) is 62.1 Å². The molecule has 0 aliphatic carbocycles. The Morgan fingerprint density at radius 1 is 1.22 bits per heavy atom. The van der Waals surface area contributed by atoms with Crippen molar-refractivity contribution in [2.75, 3.05) is 45.0 Å². The zero-order chi connectivity index (χ0) is 18.8. The van der Waals surface area contributed by atoms with E-state index in [9.17, 15) is 4.79 Å². The number of benzene rings is 2. The lowest BCUT2D eigenvalue weighted by atomic mass is 9.97. The highest BCUT2D eigenvalue weighted by atomic mass is 19.1. The number of anilines is 1. The molecule has 2 aromatic rings. The smallest absolute Gasteiger partial charge is 0.340 e. The van der Waals surface area contributed by atoms with Crippen molar-refractivity contribution in [2.45, 2.75) is 6.54 Å². The van der Waals surface area contributed by atoms with Gasteiger partial charge in [-0.3, -0.25) is 5.32 Å². The first-order valence-electron chi connectivity index (χ1n) is 8.89. The molecule has 0 unspecified atom stereocenters. The molecule has 0 radical (unpaired) electrons. The van der Waals surface area contributed by atoms with Crippen LogP contribution in [0.1, 0.15) is 15.9 Å². The first-order chi connectivity index (χ1) is 13.2. The van der Waals surface area contributed by atoms with Crippen molar-refractivity contribution < 1.29 is 23.4 Å². The van der Waals surface area contributed by atoms with Crippen LogP contribution in [0.3, 0.4) is 0 Å². The van der Waals surface area contributed by atoms with Crippen LogP contribution in [0, 0.1) is 5.82 Å². The van der Waals surface area contributed by atoms with Gasteiger partial charge >= 0.3 is 5.97 Å². The summed E-state index contributed by atoms with van der Waals surface area (Å²) < 4.78 is 31.0. The number of hydrogen-bond donors (Lipinski definition) is 1. The normalized spacial score (nSPS) is 16.4. The monoisotopic (exact) mass is 372 g/mol. The molecule has 2 aromatic carbocycles. The summed E-state index contributed by atoms with van der Waals surface area (Å²) in [5.74, 6) is -0.366. The quantitative estimate of drug-likeness (QED) is 0.836. The third-order valence-electron chi connectivity index (χ3n) is 4.86. The van der Waals surface area contributed by atoms with Gasteiger partial charge in [-0.15, -0.1) is 0 Å². The maximum absolute atomic E-state index is 15.0. The maximum Gasteiger partial charge on any atom is 0.340 e. The summed E-state index contributed by atoms with van der Waals surface area (Å²) in [6.45, 7) is 3.42. The molecule has 1 N–H and O–H groups in total. The van der Waals surface area contributed by atoms with Crippen LogP contribution in [0.15, 0.2) is 30.3 Å². The van der Waals surface area contributed by atoms with Gasteiger partial charge in [-0.05, 0) is 12.1 Å². The lowest BCUT2D eigenvalue weighted by Gasteiger charge is -2.31. The van der Waals surface area contributed by atoms with Gasteiger partial charge < -0.3 is 19.1 Å². The summed E-state index contributed by atoms with van der Waals surface area (Å²) in [4.78, 5) is 14.3. The van der Waals surface area contributed by atoms with Gasteiger partial charge in [-0.25, -0.2) is 9.18 Å². The lowest BCUT2D eigenvalue weighted by molar-refractivity contribution is 0.0600. The summed E-state index contributed by atoms with van der Waals surface area (Å²) >= 11 is 0. The van der Waals surface area contributed by atoms with Crippen molar-refractivity contribution in [3.05, 3.63) is 47.3 Å². The Balaban J connectivity index is 1.86. The highest BCUT2D eigenvalue weighted by molar-refractivity contribution is 5.97. The Labute approximate surface area is 156 Å². The Kier molecular flexibility index (Phi) is 4.96. The van der Waals surface area contributed by atoms with Crippen LogP contribution < -0.4 is 15.0 Å². The Bertz CT molecular complexity index is 865. The molecule has 0 bridgehead atoms. The summed E-state index contributed by atoms with van der Waals surface area (Å²) in [6.07, 6.45) is 0. The highest BCUT2D eigenvalue weighted by Gasteiger charge is 2.25. The Hall–Kier alpha value is -2.64. The van der Waals surface area contributed by atoms with Crippen molar-refractivity contribution >= 4 is 11.7 Å². The fraction of sp³-hybridized carbons (Fsp3) is 0.350. The number of esters is 1. The first kappa shape index (κ1) is 17.8. The zero-order valence-corrected chi connectivity index (χ0v) is 15.1. The van der Waals surface area contributed by atoms with E-state index in [1.165, 1.54) is 13.2 Å². The summed E-state index contributed by atoms with van der Waals surface area (Å²) in [6, 6.07) is 8.64. The SMILES string of the molecule is COC(=O)c1cc(F)c(-c2cccc3c2OCNC3)cc1N1CCOCC1. The Morgan fingerprint density at radius 3 is 2.81 bits per heavy atom. The second kappa shape index (κ2) is 7.54. The second-order valence-corrected chi connectivity index (χ2v) is 6.45. The van der Waals surface area contributed by atoms with Crippen molar-refractivity contribution in [3.8, 4) is 16.9 Å². The van der Waals surface area contributed by atoms with Crippen LogP contribution in [0.25, 0.3) is 11.1 Å². The number of nitrogens with one attached hydrogen (secondary N) is 1. The van der Waals surface area contributed by atoms with E-state index in [-0.39, 0.29) is 5.56 Å². The van der Waals surface area contributed by atoms with Gasteiger partial charge in [-0.2, -0.15) is 0 Å². The molecule has 4 rings (SSSR count). The van der Waals surface area contributed by atoms with Gasteiger partial charge in [0.1, 0.15) is 18.3 Å². The summed E-state index contributed by atoms with van der Waals surface area (Å²) in [5.41, 5.74) is 2.92. The molecule has 2 heterocycles. The van der Waals surface area contributed by atoms with Gasteiger partial charge in [0.25, 0.3) is 0 Å².